The zero-order chi connectivity index (χ0) is 21.3. The summed E-state index contributed by atoms with van der Waals surface area (Å²) in [6, 6.07) is 16.0. The molecule has 0 saturated carbocycles. The molecule has 2 rings (SSSR count). The van der Waals surface area contributed by atoms with Gasteiger partial charge in [0.2, 0.25) is 15.9 Å². The fourth-order valence-electron chi connectivity index (χ4n) is 2.94. The number of carbonyl (C=O) groups is 1. The van der Waals surface area contributed by atoms with Gasteiger partial charge in [0.1, 0.15) is 11.8 Å². The maximum Gasteiger partial charge on any atom is 0.243 e. The summed E-state index contributed by atoms with van der Waals surface area (Å²) in [4.78, 5) is 12.8. The highest BCUT2D eigenvalue weighted by atomic mass is 32.2. The maximum atomic E-state index is 12.8. The Kier molecular flexibility index (Phi) is 8.85. The van der Waals surface area contributed by atoms with Gasteiger partial charge in [0.15, 0.2) is 0 Å². The molecule has 158 valence electrons. The van der Waals surface area contributed by atoms with E-state index in [-0.39, 0.29) is 5.91 Å². The number of hydrogen-bond acceptors (Lipinski definition) is 5. The van der Waals surface area contributed by atoms with Crippen molar-refractivity contribution in [1.29, 1.82) is 0 Å². The van der Waals surface area contributed by atoms with E-state index in [1.165, 1.54) is 17.0 Å². The van der Waals surface area contributed by atoms with Gasteiger partial charge < -0.3 is 10.1 Å². The van der Waals surface area contributed by atoms with Crippen LogP contribution < -0.4 is 14.4 Å². The van der Waals surface area contributed by atoms with Crippen molar-refractivity contribution >= 4 is 33.4 Å². The van der Waals surface area contributed by atoms with Crippen LogP contribution in [-0.2, 0) is 20.6 Å². The molecule has 1 amide bonds. The number of nitrogens with zero attached hydrogens (tertiary/aromatic N) is 1. The van der Waals surface area contributed by atoms with E-state index in [1.54, 1.807) is 43.0 Å². The first-order valence-electron chi connectivity index (χ1n) is 9.39. The van der Waals surface area contributed by atoms with Gasteiger partial charge in [-0.2, -0.15) is 11.8 Å². The molecular formula is C21H28N2O4S2. The van der Waals surface area contributed by atoms with E-state index in [2.05, 4.69) is 17.4 Å². The fraction of sp³-hybridized carbons (Fsp3) is 0.381. The predicted octanol–water partition coefficient (Wildman–Crippen LogP) is 3.29. The smallest absolute Gasteiger partial charge is 0.243 e. The first-order chi connectivity index (χ1) is 13.9. The molecule has 0 bridgehead atoms. The van der Waals surface area contributed by atoms with E-state index in [1.807, 2.05) is 18.2 Å². The molecule has 2 aromatic carbocycles. The van der Waals surface area contributed by atoms with Crippen LogP contribution in [0.5, 0.6) is 5.75 Å². The molecule has 0 aromatic heterocycles. The zero-order valence-electron chi connectivity index (χ0n) is 17.0. The topological polar surface area (TPSA) is 75.7 Å². The number of amides is 1. The molecule has 1 N–H and O–H groups in total. The van der Waals surface area contributed by atoms with Crippen LogP contribution in [0.2, 0.25) is 0 Å². The van der Waals surface area contributed by atoms with Crippen LogP contribution in [0.25, 0.3) is 0 Å². The van der Waals surface area contributed by atoms with Gasteiger partial charge in [0.25, 0.3) is 0 Å². The van der Waals surface area contributed by atoms with Gasteiger partial charge in [-0.3, -0.25) is 9.10 Å². The maximum absolute atomic E-state index is 12.8. The molecule has 0 aliphatic rings. The zero-order valence-corrected chi connectivity index (χ0v) is 18.6. The number of benzene rings is 2. The van der Waals surface area contributed by atoms with Crippen LogP contribution >= 0.6 is 11.8 Å². The molecule has 0 unspecified atom stereocenters. The van der Waals surface area contributed by atoms with Crippen LogP contribution in [-0.4, -0.2) is 46.0 Å². The third kappa shape index (κ3) is 6.97. The van der Waals surface area contributed by atoms with Crippen LogP contribution in [0.15, 0.2) is 54.6 Å². The van der Waals surface area contributed by atoms with E-state index < -0.39 is 16.1 Å². The fourth-order valence-corrected chi connectivity index (χ4v) is 4.96. The Morgan fingerprint density at radius 2 is 1.90 bits per heavy atom. The molecule has 0 heterocycles. The van der Waals surface area contributed by atoms with Gasteiger partial charge in [0.05, 0.1) is 19.1 Å². The molecule has 29 heavy (non-hydrogen) atoms. The van der Waals surface area contributed by atoms with Crippen molar-refractivity contribution < 1.29 is 17.9 Å². The Bertz CT molecular complexity index is 889. The number of thioether (sulfide) groups is 1. The molecule has 8 heteroatoms. The van der Waals surface area contributed by atoms with Crippen molar-refractivity contribution in [1.82, 2.24) is 5.32 Å². The van der Waals surface area contributed by atoms with Crippen molar-refractivity contribution in [3.8, 4) is 5.75 Å². The Morgan fingerprint density at radius 3 is 2.52 bits per heavy atom. The quantitative estimate of drug-likeness (QED) is 0.547. The minimum absolute atomic E-state index is 0.305. The largest absolute Gasteiger partial charge is 0.497 e. The average Bonchev–Trinajstić information content (AvgIpc) is 2.71. The van der Waals surface area contributed by atoms with Gasteiger partial charge in [-0.25, -0.2) is 8.42 Å². The van der Waals surface area contributed by atoms with Crippen molar-refractivity contribution in [2.45, 2.75) is 25.1 Å². The highest BCUT2D eigenvalue weighted by molar-refractivity contribution is 7.98. The molecule has 0 fully saturated rings. The predicted molar refractivity (Wildman–Crippen MR) is 120 cm³/mol. The van der Waals surface area contributed by atoms with E-state index >= 15 is 0 Å². The summed E-state index contributed by atoms with van der Waals surface area (Å²) in [5.74, 6) is 1.84. The third-order valence-electron chi connectivity index (χ3n) is 4.29. The van der Waals surface area contributed by atoms with E-state index in [0.29, 0.717) is 24.4 Å². The van der Waals surface area contributed by atoms with E-state index in [4.69, 9.17) is 4.74 Å². The average molecular weight is 437 g/mol. The first-order valence-corrected chi connectivity index (χ1v) is 12.4. The van der Waals surface area contributed by atoms with E-state index in [9.17, 15) is 13.2 Å². The van der Waals surface area contributed by atoms with Crippen LogP contribution in [0, 0.1) is 0 Å². The van der Waals surface area contributed by atoms with Crippen molar-refractivity contribution in [3.05, 3.63) is 60.2 Å². The molecule has 0 spiro atoms. The molecule has 2 aromatic rings. The number of rotatable bonds is 11. The number of carbonyl (C=O) groups excluding carboxylic acids is 1. The Balaban J connectivity index is 2.00. The van der Waals surface area contributed by atoms with Crippen molar-refractivity contribution in [2.75, 3.05) is 30.0 Å². The van der Waals surface area contributed by atoms with Gasteiger partial charge >= 0.3 is 0 Å². The molecule has 0 aliphatic carbocycles. The Morgan fingerprint density at radius 1 is 1.17 bits per heavy atom. The van der Waals surface area contributed by atoms with Crippen LogP contribution in [0.4, 0.5) is 5.69 Å². The standard InChI is InChI=1S/C21H28N2O4S2/c1-4-20(21(24)22-13-14-28-16-17-9-6-5-7-10-17)23(29(3,25)26)18-11-8-12-19(15-18)27-2/h5-12,15,20H,4,13-14,16H2,1-3H3,(H,22,24)/t20-/m1/s1. The van der Waals surface area contributed by atoms with E-state index in [0.717, 1.165) is 17.8 Å². The molecule has 1 atom stereocenters. The Hall–Kier alpha value is -2.19. The highest BCUT2D eigenvalue weighted by Gasteiger charge is 2.31. The number of hydrogen-bond donors (Lipinski definition) is 1. The van der Waals surface area contributed by atoms with Gasteiger partial charge in [-0.05, 0) is 24.1 Å². The summed E-state index contributed by atoms with van der Waals surface area (Å²) in [5.41, 5.74) is 1.64. The SMILES string of the molecule is CC[C@H](C(=O)NCCSCc1ccccc1)N(c1cccc(OC)c1)S(C)(=O)=O. The second-order valence-corrected chi connectivity index (χ2v) is 9.48. The summed E-state index contributed by atoms with van der Waals surface area (Å²) in [6.45, 7) is 2.27. The summed E-state index contributed by atoms with van der Waals surface area (Å²) in [6.07, 6.45) is 1.46. The molecule has 6 nitrogen and oxygen atoms in total. The lowest BCUT2D eigenvalue weighted by Crippen LogP contribution is -2.49. The summed E-state index contributed by atoms with van der Waals surface area (Å²) >= 11 is 1.72. The lowest BCUT2D eigenvalue weighted by Gasteiger charge is -2.30. The molecule has 0 aliphatic heterocycles. The highest BCUT2D eigenvalue weighted by Crippen LogP contribution is 2.26. The van der Waals surface area contributed by atoms with Gasteiger partial charge in [-0.1, -0.05) is 43.3 Å². The minimum Gasteiger partial charge on any atom is -0.497 e. The number of nitrogens with one attached hydrogen (secondary N) is 1. The second kappa shape index (κ2) is 11.1. The number of ether oxygens (including phenoxy) is 1. The van der Waals surface area contributed by atoms with Crippen LogP contribution in [0.1, 0.15) is 18.9 Å². The van der Waals surface area contributed by atoms with Gasteiger partial charge in [-0.15, -0.1) is 0 Å². The number of anilines is 1. The van der Waals surface area contributed by atoms with Crippen molar-refractivity contribution in [3.63, 3.8) is 0 Å². The molecule has 0 saturated heterocycles. The summed E-state index contributed by atoms with van der Waals surface area (Å²) in [5, 5.41) is 2.87. The first kappa shape index (κ1) is 23.1. The van der Waals surface area contributed by atoms with Crippen LogP contribution in [0.3, 0.4) is 0 Å². The summed E-state index contributed by atoms with van der Waals surface area (Å²) in [7, 11) is -2.14. The molecule has 0 radical (unpaired) electrons. The lowest BCUT2D eigenvalue weighted by atomic mass is 10.2. The third-order valence-corrected chi connectivity index (χ3v) is 6.50. The summed E-state index contributed by atoms with van der Waals surface area (Å²) < 4.78 is 31.3. The second-order valence-electron chi connectivity index (χ2n) is 6.51. The minimum atomic E-state index is -3.66. The normalized spacial score (nSPS) is 12.2. The molecular weight excluding hydrogens is 408 g/mol. The van der Waals surface area contributed by atoms with Crippen molar-refractivity contribution in [2.24, 2.45) is 0 Å². The number of sulfonamides is 1. The monoisotopic (exact) mass is 436 g/mol. The lowest BCUT2D eigenvalue weighted by molar-refractivity contribution is -0.122. The van der Waals surface area contributed by atoms with Gasteiger partial charge in [0, 0.05) is 24.1 Å². The number of methoxy groups -OCH3 is 1. The Labute approximate surface area is 177 Å².